The van der Waals surface area contributed by atoms with Gasteiger partial charge in [0.25, 0.3) is 0 Å². The highest BCUT2D eigenvalue weighted by atomic mass is 16.1. The van der Waals surface area contributed by atoms with E-state index in [1.165, 1.54) is 39.0 Å². The van der Waals surface area contributed by atoms with Crippen LogP contribution in [0.4, 0.5) is 0 Å². The topological polar surface area (TPSA) is 38.8 Å². The molecule has 0 bridgehead atoms. The van der Waals surface area contributed by atoms with Crippen molar-refractivity contribution in [1.82, 2.24) is 20.0 Å². The summed E-state index contributed by atoms with van der Waals surface area (Å²) in [4.78, 5) is 19.5. The lowest BCUT2D eigenvalue weighted by Gasteiger charge is -2.39. The van der Waals surface area contributed by atoms with Crippen LogP contribution >= 0.6 is 0 Å². The lowest BCUT2D eigenvalue weighted by atomic mass is 9.96. The van der Waals surface area contributed by atoms with Gasteiger partial charge in [-0.25, -0.2) is 0 Å². The summed E-state index contributed by atoms with van der Waals surface area (Å²) in [6, 6.07) is 0.590. The number of piperidine rings is 1. The second kappa shape index (κ2) is 10.6. The zero-order valence-electron chi connectivity index (χ0n) is 17.0. The molecule has 0 aromatic heterocycles. The van der Waals surface area contributed by atoms with Gasteiger partial charge in [0, 0.05) is 57.8 Å². The number of nitrogens with zero attached hydrogens (tertiary/aromatic N) is 3. The Balaban J connectivity index is 1.58. The van der Waals surface area contributed by atoms with E-state index >= 15 is 0 Å². The van der Waals surface area contributed by atoms with Crippen LogP contribution in [0.1, 0.15) is 40.5 Å². The van der Waals surface area contributed by atoms with Gasteiger partial charge < -0.3 is 15.1 Å². The third-order valence-electron chi connectivity index (χ3n) is 5.69. The number of likely N-dealkylation sites (tertiary alicyclic amines) is 1. The first-order valence-electron chi connectivity index (χ1n) is 10.4. The van der Waals surface area contributed by atoms with Crippen LogP contribution in [0.2, 0.25) is 0 Å². The fourth-order valence-electron chi connectivity index (χ4n) is 3.80. The molecule has 2 aliphatic rings. The molecular formula is C20H40N4O. The van der Waals surface area contributed by atoms with Gasteiger partial charge in [-0.1, -0.05) is 27.7 Å². The molecule has 0 spiro atoms. The summed E-state index contributed by atoms with van der Waals surface area (Å²) >= 11 is 0. The van der Waals surface area contributed by atoms with Crippen molar-refractivity contribution < 1.29 is 4.79 Å². The Kier molecular flexibility index (Phi) is 8.83. The second-order valence-corrected chi connectivity index (χ2v) is 8.59. The molecule has 0 atom stereocenters. The van der Waals surface area contributed by atoms with E-state index in [-0.39, 0.29) is 5.92 Å². The first kappa shape index (κ1) is 20.8. The molecule has 2 saturated heterocycles. The number of piperazine rings is 1. The van der Waals surface area contributed by atoms with Crippen LogP contribution in [-0.4, -0.2) is 92.0 Å². The molecule has 2 fully saturated rings. The molecule has 2 aliphatic heterocycles. The molecule has 0 unspecified atom stereocenters. The normalized spacial score (nSPS) is 22.2. The lowest BCUT2D eigenvalue weighted by Crippen LogP contribution is -2.50. The second-order valence-electron chi connectivity index (χ2n) is 8.59. The number of hydrogen-bond acceptors (Lipinski definition) is 5. The van der Waals surface area contributed by atoms with Gasteiger partial charge in [-0.15, -0.1) is 0 Å². The molecule has 25 heavy (non-hydrogen) atoms. The molecule has 0 saturated carbocycles. The van der Waals surface area contributed by atoms with Crippen molar-refractivity contribution in [1.29, 1.82) is 0 Å². The lowest BCUT2D eigenvalue weighted by molar-refractivity contribution is -0.123. The van der Waals surface area contributed by atoms with E-state index < -0.39 is 0 Å². The highest BCUT2D eigenvalue weighted by Crippen LogP contribution is 2.19. The van der Waals surface area contributed by atoms with Gasteiger partial charge in [0.05, 0.1) is 6.54 Å². The monoisotopic (exact) mass is 352 g/mol. The van der Waals surface area contributed by atoms with E-state index in [2.05, 4.69) is 33.9 Å². The van der Waals surface area contributed by atoms with Gasteiger partial charge in [0.1, 0.15) is 5.78 Å². The van der Waals surface area contributed by atoms with Gasteiger partial charge >= 0.3 is 0 Å². The van der Waals surface area contributed by atoms with Crippen LogP contribution in [0, 0.1) is 11.8 Å². The first-order valence-corrected chi connectivity index (χ1v) is 10.4. The Hall–Kier alpha value is -0.490. The molecular weight excluding hydrogens is 312 g/mol. The van der Waals surface area contributed by atoms with Crippen LogP contribution in [0.25, 0.3) is 0 Å². The Morgan fingerprint density at radius 2 is 1.52 bits per heavy atom. The average molecular weight is 353 g/mol. The van der Waals surface area contributed by atoms with E-state index in [1.807, 2.05) is 13.8 Å². The molecule has 5 heteroatoms. The van der Waals surface area contributed by atoms with Crippen LogP contribution < -0.4 is 5.32 Å². The Bertz CT molecular complexity index is 383. The summed E-state index contributed by atoms with van der Waals surface area (Å²) in [6.45, 7) is 19.5. The quantitative estimate of drug-likeness (QED) is 0.681. The van der Waals surface area contributed by atoms with Crippen molar-refractivity contribution >= 4 is 5.78 Å². The molecule has 0 amide bonds. The van der Waals surface area contributed by atoms with Crippen LogP contribution in [0.15, 0.2) is 0 Å². The summed E-state index contributed by atoms with van der Waals surface area (Å²) in [7, 11) is 0. The number of hydrogen-bond donors (Lipinski definition) is 1. The van der Waals surface area contributed by atoms with Crippen LogP contribution in [-0.2, 0) is 4.79 Å². The average Bonchev–Trinajstić information content (AvgIpc) is 2.58. The maximum Gasteiger partial charge on any atom is 0.149 e. The number of Topliss-reactive ketones (excluding diaryl/α,β-unsaturated/α-hetero) is 1. The van der Waals surface area contributed by atoms with Crippen molar-refractivity contribution in [3.63, 3.8) is 0 Å². The van der Waals surface area contributed by atoms with E-state index in [9.17, 15) is 4.79 Å². The zero-order chi connectivity index (χ0) is 18.2. The summed E-state index contributed by atoms with van der Waals surface area (Å²) in [5.74, 6) is 1.41. The fourth-order valence-corrected chi connectivity index (χ4v) is 3.80. The van der Waals surface area contributed by atoms with Gasteiger partial charge in [-0.3, -0.25) is 9.69 Å². The van der Waals surface area contributed by atoms with Crippen molar-refractivity contribution in [2.45, 2.75) is 46.6 Å². The van der Waals surface area contributed by atoms with Gasteiger partial charge in [-0.2, -0.15) is 0 Å². The minimum absolute atomic E-state index is 0.166. The molecule has 2 heterocycles. The van der Waals surface area contributed by atoms with E-state index in [1.54, 1.807) is 0 Å². The first-order chi connectivity index (χ1) is 11.9. The number of carbonyl (C=O) groups excluding carboxylic acids is 1. The smallest absolute Gasteiger partial charge is 0.149 e. The summed E-state index contributed by atoms with van der Waals surface area (Å²) in [5, 5.41) is 3.52. The maximum absolute atomic E-state index is 11.9. The molecule has 1 N–H and O–H groups in total. The maximum atomic E-state index is 11.9. The molecule has 0 aromatic carbocycles. The largest absolute Gasteiger partial charge is 0.313 e. The number of rotatable bonds is 9. The Morgan fingerprint density at radius 3 is 2.08 bits per heavy atom. The van der Waals surface area contributed by atoms with Crippen molar-refractivity contribution in [3.8, 4) is 0 Å². The highest BCUT2D eigenvalue weighted by Gasteiger charge is 2.24. The van der Waals surface area contributed by atoms with E-state index in [4.69, 9.17) is 0 Å². The predicted octanol–water partition coefficient (Wildman–Crippen LogP) is 1.54. The Labute approximate surface area is 155 Å². The van der Waals surface area contributed by atoms with Gasteiger partial charge in [0.15, 0.2) is 0 Å². The highest BCUT2D eigenvalue weighted by molar-refractivity contribution is 5.82. The van der Waals surface area contributed by atoms with E-state index in [0.717, 1.165) is 38.6 Å². The molecule has 2 rings (SSSR count). The third kappa shape index (κ3) is 7.73. The number of carbonyl (C=O) groups is 1. The molecule has 0 aliphatic carbocycles. The molecule has 146 valence electrons. The SMILES string of the molecule is CC(C)NCCN1CCC(CN2CCN(CC(=O)C(C)C)CC2)CC1. The zero-order valence-corrected chi connectivity index (χ0v) is 17.0. The van der Waals surface area contributed by atoms with Crippen LogP contribution in [0.3, 0.4) is 0 Å². The number of ketones is 1. The molecule has 0 aromatic rings. The van der Waals surface area contributed by atoms with E-state index in [0.29, 0.717) is 18.4 Å². The summed E-state index contributed by atoms with van der Waals surface area (Å²) < 4.78 is 0. The van der Waals surface area contributed by atoms with Crippen molar-refractivity contribution in [2.75, 3.05) is 65.4 Å². The standard InChI is InChI=1S/C20H40N4O/c1-17(2)20(25)16-24-13-11-23(12-14-24)15-19-5-8-22(9-6-19)10-7-21-18(3)4/h17-19,21H,5-16H2,1-4H3. The molecule has 0 radical (unpaired) electrons. The molecule has 5 nitrogen and oxygen atoms in total. The van der Waals surface area contributed by atoms with Crippen molar-refractivity contribution in [3.05, 3.63) is 0 Å². The van der Waals surface area contributed by atoms with Crippen LogP contribution in [0.5, 0.6) is 0 Å². The fraction of sp³-hybridized carbons (Fsp3) is 0.950. The van der Waals surface area contributed by atoms with Gasteiger partial charge in [0.2, 0.25) is 0 Å². The third-order valence-corrected chi connectivity index (χ3v) is 5.69. The summed E-state index contributed by atoms with van der Waals surface area (Å²) in [6.07, 6.45) is 2.68. The number of nitrogens with one attached hydrogen (secondary N) is 1. The Morgan fingerprint density at radius 1 is 0.920 bits per heavy atom. The minimum atomic E-state index is 0.166. The minimum Gasteiger partial charge on any atom is -0.313 e. The predicted molar refractivity (Wildman–Crippen MR) is 105 cm³/mol. The van der Waals surface area contributed by atoms with Crippen molar-refractivity contribution in [2.24, 2.45) is 11.8 Å². The van der Waals surface area contributed by atoms with Gasteiger partial charge in [-0.05, 0) is 31.8 Å². The summed E-state index contributed by atoms with van der Waals surface area (Å²) in [5.41, 5.74) is 0.